The number of piperidine rings is 1. The second kappa shape index (κ2) is 8.24. The summed E-state index contributed by atoms with van der Waals surface area (Å²) in [7, 11) is -3.34. The molecular weight excluding hydrogens is 388 g/mol. The van der Waals surface area contributed by atoms with E-state index in [0.29, 0.717) is 36.8 Å². The van der Waals surface area contributed by atoms with Gasteiger partial charge in [-0.15, -0.1) is 0 Å². The number of nitrogens with zero attached hydrogens (tertiary/aromatic N) is 2. The summed E-state index contributed by atoms with van der Waals surface area (Å²) < 4.78 is 26.7. The first-order valence-corrected chi connectivity index (χ1v) is 10.6. The number of primary amides is 1. The Bertz CT molecular complexity index is 913. The number of benzene rings is 1. The van der Waals surface area contributed by atoms with Gasteiger partial charge in [-0.25, -0.2) is 17.7 Å². The Morgan fingerprint density at radius 1 is 1.26 bits per heavy atom. The van der Waals surface area contributed by atoms with E-state index < -0.39 is 15.9 Å². The van der Waals surface area contributed by atoms with Crippen molar-refractivity contribution < 1.29 is 13.2 Å². The number of nitrogens with one attached hydrogen (secondary N) is 1. The number of halogens is 1. The molecule has 1 fully saturated rings. The minimum absolute atomic E-state index is 0.00784. The molecule has 0 saturated carbocycles. The topological polar surface area (TPSA) is 105 Å². The van der Waals surface area contributed by atoms with Gasteiger partial charge in [0.25, 0.3) is 0 Å². The molecule has 0 aliphatic carbocycles. The van der Waals surface area contributed by atoms with Crippen LogP contribution in [0.3, 0.4) is 0 Å². The summed E-state index contributed by atoms with van der Waals surface area (Å²) in [6.45, 7) is 0.869. The van der Waals surface area contributed by atoms with Gasteiger partial charge in [-0.05, 0) is 24.5 Å². The van der Waals surface area contributed by atoms with Crippen molar-refractivity contribution in [1.29, 1.82) is 0 Å². The third kappa shape index (κ3) is 4.97. The van der Waals surface area contributed by atoms with E-state index in [9.17, 15) is 13.2 Å². The van der Waals surface area contributed by atoms with Crippen LogP contribution in [-0.4, -0.2) is 42.7 Å². The Morgan fingerprint density at radius 3 is 2.52 bits per heavy atom. The quantitative estimate of drug-likeness (QED) is 0.762. The molecule has 1 aliphatic heterocycles. The SMILES string of the molecule is NC(=O)c1cnc(NC2CCN(S(=O)(=O)Cc3ccccc3)CC2)c(Cl)c1. The molecule has 1 saturated heterocycles. The summed E-state index contributed by atoms with van der Waals surface area (Å²) in [4.78, 5) is 15.3. The van der Waals surface area contributed by atoms with Crippen LogP contribution in [0.4, 0.5) is 5.82 Å². The third-order valence-electron chi connectivity index (χ3n) is 4.51. The highest BCUT2D eigenvalue weighted by atomic mass is 35.5. The van der Waals surface area contributed by atoms with Crippen LogP contribution in [0.25, 0.3) is 0 Å². The number of anilines is 1. The summed E-state index contributed by atoms with van der Waals surface area (Å²) in [5, 5.41) is 3.53. The number of hydrogen-bond donors (Lipinski definition) is 2. The normalized spacial score (nSPS) is 16.2. The largest absolute Gasteiger partial charge is 0.366 e. The first kappa shape index (κ1) is 19.6. The molecule has 2 aromatic rings. The van der Waals surface area contributed by atoms with E-state index >= 15 is 0 Å². The molecule has 1 aromatic heterocycles. The fourth-order valence-electron chi connectivity index (χ4n) is 3.03. The van der Waals surface area contributed by atoms with Crippen molar-refractivity contribution in [1.82, 2.24) is 9.29 Å². The van der Waals surface area contributed by atoms with Crippen LogP contribution in [-0.2, 0) is 15.8 Å². The minimum atomic E-state index is -3.34. The number of aromatic nitrogens is 1. The van der Waals surface area contributed by atoms with Gasteiger partial charge in [0.2, 0.25) is 15.9 Å². The zero-order valence-electron chi connectivity index (χ0n) is 14.6. The lowest BCUT2D eigenvalue weighted by Crippen LogP contribution is -2.42. The van der Waals surface area contributed by atoms with Gasteiger partial charge in [-0.1, -0.05) is 41.9 Å². The molecule has 3 rings (SSSR count). The van der Waals surface area contributed by atoms with Crippen molar-refractivity contribution in [3.63, 3.8) is 0 Å². The molecule has 0 atom stereocenters. The van der Waals surface area contributed by atoms with E-state index in [-0.39, 0.29) is 17.4 Å². The molecule has 9 heteroatoms. The number of rotatable bonds is 6. The lowest BCUT2D eigenvalue weighted by Gasteiger charge is -2.32. The maximum atomic E-state index is 12.6. The highest BCUT2D eigenvalue weighted by Gasteiger charge is 2.28. The van der Waals surface area contributed by atoms with Crippen LogP contribution in [0.1, 0.15) is 28.8 Å². The highest BCUT2D eigenvalue weighted by molar-refractivity contribution is 7.88. The van der Waals surface area contributed by atoms with Gasteiger partial charge >= 0.3 is 0 Å². The van der Waals surface area contributed by atoms with E-state index in [0.717, 1.165) is 5.56 Å². The Hall–Kier alpha value is -2.16. The standard InChI is InChI=1S/C18H21ClN4O3S/c19-16-10-14(17(20)24)11-21-18(16)22-15-6-8-23(9-7-15)27(25,26)12-13-4-2-1-3-5-13/h1-5,10-11,15H,6-9,12H2,(H2,20,24)(H,21,22). The second-order valence-corrected chi connectivity index (χ2v) is 8.85. The monoisotopic (exact) mass is 408 g/mol. The molecule has 0 bridgehead atoms. The molecule has 1 amide bonds. The maximum absolute atomic E-state index is 12.6. The molecule has 27 heavy (non-hydrogen) atoms. The number of nitrogens with two attached hydrogens (primary N) is 1. The van der Waals surface area contributed by atoms with Crippen LogP contribution in [0, 0.1) is 0 Å². The number of sulfonamides is 1. The van der Waals surface area contributed by atoms with Gasteiger partial charge in [-0.3, -0.25) is 4.79 Å². The van der Waals surface area contributed by atoms with E-state index in [1.165, 1.54) is 16.6 Å². The fraction of sp³-hybridized carbons (Fsp3) is 0.333. The van der Waals surface area contributed by atoms with E-state index in [4.69, 9.17) is 17.3 Å². The van der Waals surface area contributed by atoms with Crippen molar-refractivity contribution in [3.8, 4) is 0 Å². The lowest BCUT2D eigenvalue weighted by molar-refractivity contribution is 0.1000. The lowest BCUT2D eigenvalue weighted by atomic mass is 10.1. The third-order valence-corrected chi connectivity index (χ3v) is 6.64. The first-order chi connectivity index (χ1) is 12.8. The summed E-state index contributed by atoms with van der Waals surface area (Å²) in [6, 6.07) is 10.7. The predicted molar refractivity (Wildman–Crippen MR) is 105 cm³/mol. The Labute approximate surface area is 163 Å². The molecule has 0 spiro atoms. The van der Waals surface area contributed by atoms with Gasteiger partial charge in [0.05, 0.1) is 16.3 Å². The molecule has 2 heterocycles. The average Bonchev–Trinajstić information content (AvgIpc) is 2.64. The first-order valence-electron chi connectivity index (χ1n) is 8.59. The predicted octanol–water partition coefficient (Wildman–Crippen LogP) is 2.24. The Kier molecular flexibility index (Phi) is 5.98. The van der Waals surface area contributed by atoms with Crippen molar-refractivity contribution in [2.45, 2.75) is 24.6 Å². The number of pyridine rings is 1. The number of hydrogen-bond acceptors (Lipinski definition) is 5. The highest BCUT2D eigenvalue weighted by Crippen LogP contribution is 2.24. The van der Waals surface area contributed by atoms with E-state index in [2.05, 4.69) is 10.3 Å². The average molecular weight is 409 g/mol. The Balaban J connectivity index is 1.58. The number of carbonyl (C=O) groups is 1. The van der Waals surface area contributed by atoms with Crippen LogP contribution >= 0.6 is 11.6 Å². The molecule has 3 N–H and O–H groups in total. The molecule has 144 valence electrons. The molecule has 0 radical (unpaired) electrons. The maximum Gasteiger partial charge on any atom is 0.250 e. The van der Waals surface area contributed by atoms with Crippen LogP contribution in [0.5, 0.6) is 0 Å². The van der Waals surface area contributed by atoms with Crippen molar-refractivity contribution in [3.05, 3.63) is 58.7 Å². The molecule has 1 aromatic carbocycles. The van der Waals surface area contributed by atoms with Crippen molar-refractivity contribution in [2.24, 2.45) is 5.73 Å². The van der Waals surface area contributed by atoms with Gasteiger partial charge < -0.3 is 11.1 Å². The summed E-state index contributed by atoms with van der Waals surface area (Å²) in [5.74, 6) is -0.117. The van der Waals surface area contributed by atoms with E-state index in [1.807, 2.05) is 30.3 Å². The van der Waals surface area contributed by atoms with Crippen LogP contribution in [0.2, 0.25) is 5.02 Å². The van der Waals surface area contributed by atoms with E-state index in [1.54, 1.807) is 0 Å². The van der Waals surface area contributed by atoms with Crippen LogP contribution in [0.15, 0.2) is 42.6 Å². The summed E-state index contributed by atoms with van der Waals surface area (Å²) in [5.41, 5.74) is 6.23. The number of carbonyl (C=O) groups excluding carboxylic acids is 1. The van der Waals surface area contributed by atoms with Crippen molar-refractivity contribution >= 4 is 33.3 Å². The fourth-order valence-corrected chi connectivity index (χ4v) is 4.81. The molecule has 7 nitrogen and oxygen atoms in total. The summed E-state index contributed by atoms with van der Waals surface area (Å²) >= 11 is 6.15. The van der Waals surface area contributed by atoms with Gasteiger partial charge in [0.15, 0.2) is 0 Å². The summed E-state index contributed by atoms with van der Waals surface area (Å²) in [6.07, 6.45) is 2.66. The molecule has 1 aliphatic rings. The smallest absolute Gasteiger partial charge is 0.250 e. The molecular formula is C18H21ClN4O3S. The zero-order valence-corrected chi connectivity index (χ0v) is 16.2. The van der Waals surface area contributed by atoms with Crippen LogP contribution < -0.4 is 11.1 Å². The van der Waals surface area contributed by atoms with Gasteiger partial charge in [0.1, 0.15) is 5.82 Å². The second-order valence-electron chi connectivity index (χ2n) is 6.48. The van der Waals surface area contributed by atoms with Crippen molar-refractivity contribution in [2.75, 3.05) is 18.4 Å². The zero-order chi connectivity index (χ0) is 19.4. The Morgan fingerprint density at radius 2 is 1.93 bits per heavy atom. The minimum Gasteiger partial charge on any atom is -0.366 e. The van der Waals surface area contributed by atoms with Gasteiger partial charge in [0, 0.05) is 25.3 Å². The number of amides is 1. The van der Waals surface area contributed by atoms with Gasteiger partial charge in [-0.2, -0.15) is 0 Å². The molecule has 0 unspecified atom stereocenters.